The average molecular weight is 226 g/mol. The molecule has 1 aliphatic heterocycles. The van der Waals surface area contributed by atoms with Crippen LogP contribution >= 0.6 is 0 Å². The number of rotatable bonds is 2. The molecule has 17 heavy (non-hydrogen) atoms. The lowest BCUT2D eigenvalue weighted by Gasteiger charge is -2.17. The molecule has 3 atom stereocenters. The molecule has 1 aromatic rings. The van der Waals surface area contributed by atoms with Crippen LogP contribution in [0.4, 0.5) is 0 Å². The van der Waals surface area contributed by atoms with Gasteiger partial charge in [0.2, 0.25) is 0 Å². The summed E-state index contributed by atoms with van der Waals surface area (Å²) in [6, 6.07) is 13.1. The van der Waals surface area contributed by atoms with Crippen molar-refractivity contribution in [3.8, 4) is 6.07 Å². The Bertz CT molecular complexity index is 406. The molecule has 1 aliphatic carbocycles. The van der Waals surface area contributed by atoms with Crippen LogP contribution in [0.2, 0.25) is 0 Å². The lowest BCUT2D eigenvalue weighted by molar-refractivity contribution is 0.298. The Balaban J connectivity index is 1.59. The van der Waals surface area contributed by atoms with Crippen LogP contribution in [0.25, 0.3) is 0 Å². The summed E-state index contributed by atoms with van der Waals surface area (Å²) >= 11 is 0. The summed E-state index contributed by atoms with van der Waals surface area (Å²) in [4.78, 5) is 2.55. The van der Waals surface area contributed by atoms with Crippen molar-refractivity contribution in [2.45, 2.75) is 19.4 Å². The Morgan fingerprint density at radius 3 is 2.35 bits per heavy atom. The summed E-state index contributed by atoms with van der Waals surface area (Å²) in [5.41, 5.74) is 1.41. The van der Waals surface area contributed by atoms with E-state index < -0.39 is 0 Å². The molecule has 2 fully saturated rings. The van der Waals surface area contributed by atoms with Crippen molar-refractivity contribution in [1.29, 1.82) is 5.26 Å². The Morgan fingerprint density at radius 1 is 1.12 bits per heavy atom. The second-order valence-electron chi connectivity index (χ2n) is 5.50. The number of hydrogen-bond donors (Lipinski definition) is 0. The summed E-state index contributed by atoms with van der Waals surface area (Å²) < 4.78 is 0. The van der Waals surface area contributed by atoms with Crippen LogP contribution in [0.3, 0.4) is 0 Å². The third kappa shape index (κ3) is 2.21. The lowest BCUT2D eigenvalue weighted by atomic mass is 10.0. The predicted octanol–water partition coefficient (Wildman–Crippen LogP) is 2.67. The molecule has 1 heterocycles. The number of nitrogens with zero attached hydrogens (tertiary/aromatic N) is 2. The number of benzene rings is 1. The van der Waals surface area contributed by atoms with Gasteiger partial charge in [-0.05, 0) is 30.2 Å². The Morgan fingerprint density at radius 2 is 1.76 bits per heavy atom. The van der Waals surface area contributed by atoms with E-state index in [-0.39, 0.29) is 0 Å². The van der Waals surface area contributed by atoms with Gasteiger partial charge in [-0.15, -0.1) is 0 Å². The zero-order valence-electron chi connectivity index (χ0n) is 10.0. The van der Waals surface area contributed by atoms with Crippen LogP contribution in [-0.4, -0.2) is 18.0 Å². The highest BCUT2D eigenvalue weighted by atomic mass is 15.2. The first-order valence-corrected chi connectivity index (χ1v) is 6.51. The molecule has 0 spiro atoms. The minimum atomic E-state index is 0.337. The van der Waals surface area contributed by atoms with Crippen molar-refractivity contribution < 1.29 is 0 Å². The number of fused-ring (bicyclic) bond motifs is 1. The highest BCUT2D eigenvalue weighted by Gasteiger charge is 2.40. The van der Waals surface area contributed by atoms with Gasteiger partial charge in [-0.3, -0.25) is 4.90 Å². The Labute approximate surface area is 103 Å². The predicted molar refractivity (Wildman–Crippen MR) is 67.0 cm³/mol. The molecule has 2 heteroatoms. The van der Waals surface area contributed by atoms with Gasteiger partial charge in [0.05, 0.1) is 6.07 Å². The van der Waals surface area contributed by atoms with Crippen molar-refractivity contribution in [2.75, 3.05) is 13.1 Å². The van der Waals surface area contributed by atoms with Crippen LogP contribution in [0.1, 0.15) is 18.4 Å². The van der Waals surface area contributed by atoms with Gasteiger partial charge in [0.25, 0.3) is 0 Å². The molecule has 0 amide bonds. The highest BCUT2D eigenvalue weighted by Crippen LogP contribution is 2.41. The molecule has 88 valence electrons. The molecular formula is C15H18N2. The first-order chi connectivity index (χ1) is 8.35. The van der Waals surface area contributed by atoms with Crippen molar-refractivity contribution in [3.63, 3.8) is 0 Å². The Kier molecular flexibility index (Phi) is 2.86. The summed E-state index contributed by atoms with van der Waals surface area (Å²) in [5, 5.41) is 8.96. The number of nitriles is 1. The maximum atomic E-state index is 8.96. The van der Waals surface area contributed by atoms with Crippen LogP contribution in [0, 0.1) is 29.1 Å². The SMILES string of the molecule is N#CC1C[C@@H]2CN(Cc3ccccc3)C[C@@H]2C1. The smallest absolute Gasteiger partial charge is 0.0656 e. The molecule has 1 saturated heterocycles. The van der Waals surface area contributed by atoms with E-state index in [4.69, 9.17) is 5.26 Å². The molecule has 2 nitrogen and oxygen atoms in total. The molecule has 1 aromatic carbocycles. The fraction of sp³-hybridized carbons (Fsp3) is 0.533. The highest BCUT2D eigenvalue weighted by molar-refractivity contribution is 5.15. The van der Waals surface area contributed by atoms with Crippen LogP contribution in [-0.2, 0) is 6.54 Å². The summed E-state index contributed by atoms with van der Waals surface area (Å²) in [7, 11) is 0. The number of likely N-dealkylation sites (tertiary alicyclic amines) is 1. The van der Waals surface area contributed by atoms with Gasteiger partial charge in [0, 0.05) is 25.6 Å². The third-order valence-electron chi connectivity index (χ3n) is 4.26. The Hall–Kier alpha value is -1.33. The first-order valence-electron chi connectivity index (χ1n) is 6.51. The largest absolute Gasteiger partial charge is 0.299 e. The van der Waals surface area contributed by atoms with E-state index in [0.717, 1.165) is 31.2 Å². The summed E-state index contributed by atoms with van der Waals surface area (Å²) in [5.74, 6) is 1.90. The van der Waals surface area contributed by atoms with Crippen molar-refractivity contribution in [2.24, 2.45) is 17.8 Å². The van der Waals surface area contributed by atoms with E-state index in [2.05, 4.69) is 41.3 Å². The van der Waals surface area contributed by atoms with E-state index >= 15 is 0 Å². The van der Waals surface area contributed by atoms with Gasteiger partial charge in [-0.1, -0.05) is 30.3 Å². The van der Waals surface area contributed by atoms with Gasteiger partial charge in [0.15, 0.2) is 0 Å². The second-order valence-corrected chi connectivity index (χ2v) is 5.50. The van der Waals surface area contributed by atoms with Gasteiger partial charge in [-0.2, -0.15) is 5.26 Å². The van der Waals surface area contributed by atoms with Crippen LogP contribution < -0.4 is 0 Å². The molecule has 2 aliphatic rings. The van der Waals surface area contributed by atoms with Gasteiger partial charge in [-0.25, -0.2) is 0 Å². The fourth-order valence-electron chi connectivity index (χ4n) is 3.47. The van der Waals surface area contributed by atoms with E-state index in [1.54, 1.807) is 0 Å². The minimum Gasteiger partial charge on any atom is -0.299 e. The standard InChI is InChI=1S/C15H18N2/c16-8-13-6-14-10-17(11-15(14)7-13)9-12-4-2-1-3-5-12/h1-5,13-15H,6-7,9-11H2/t13?,14-,15+. The first kappa shape index (κ1) is 10.8. The monoisotopic (exact) mass is 226 g/mol. The molecule has 0 bridgehead atoms. The van der Waals surface area contributed by atoms with E-state index in [1.807, 2.05) is 0 Å². The topological polar surface area (TPSA) is 27.0 Å². The van der Waals surface area contributed by atoms with Crippen LogP contribution in [0.15, 0.2) is 30.3 Å². The number of hydrogen-bond acceptors (Lipinski definition) is 2. The maximum Gasteiger partial charge on any atom is 0.0656 e. The fourth-order valence-corrected chi connectivity index (χ4v) is 3.47. The molecule has 0 N–H and O–H groups in total. The average Bonchev–Trinajstić information content (AvgIpc) is 2.87. The van der Waals surface area contributed by atoms with E-state index in [1.165, 1.54) is 18.7 Å². The molecule has 1 saturated carbocycles. The van der Waals surface area contributed by atoms with Crippen LogP contribution in [0.5, 0.6) is 0 Å². The molecule has 0 aromatic heterocycles. The molecule has 0 radical (unpaired) electrons. The maximum absolute atomic E-state index is 8.96. The van der Waals surface area contributed by atoms with E-state index in [0.29, 0.717) is 5.92 Å². The minimum absolute atomic E-state index is 0.337. The summed E-state index contributed by atoms with van der Waals surface area (Å²) in [6.45, 7) is 3.46. The zero-order valence-corrected chi connectivity index (χ0v) is 10.0. The lowest BCUT2D eigenvalue weighted by Crippen LogP contribution is -2.21. The second kappa shape index (κ2) is 4.50. The van der Waals surface area contributed by atoms with Crippen molar-refractivity contribution in [1.82, 2.24) is 4.90 Å². The van der Waals surface area contributed by atoms with Gasteiger partial charge >= 0.3 is 0 Å². The summed E-state index contributed by atoms with van der Waals surface area (Å²) in [6.07, 6.45) is 2.26. The molecule has 1 unspecified atom stereocenters. The van der Waals surface area contributed by atoms with Crippen molar-refractivity contribution >= 4 is 0 Å². The zero-order chi connectivity index (χ0) is 11.7. The van der Waals surface area contributed by atoms with Gasteiger partial charge < -0.3 is 0 Å². The quantitative estimate of drug-likeness (QED) is 0.775. The molecular weight excluding hydrogens is 208 g/mol. The van der Waals surface area contributed by atoms with E-state index in [9.17, 15) is 0 Å². The van der Waals surface area contributed by atoms with Crippen molar-refractivity contribution in [3.05, 3.63) is 35.9 Å². The van der Waals surface area contributed by atoms with Gasteiger partial charge in [0.1, 0.15) is 0 Å². The third-order valence-corrected chi connectivity index (χ3v) is 4.26. The normalized spacial score (nSPS) is 32.3. The molecule has 3 rings (SSSR count).